The van der Waals surface area contributed by atoms with Gasteiger partial charge in [0.2, 0.25) is 5.95 Å². The zero-order valence-corrected chi connectivity index (χ0v) is 27.3. The summed E-state index contributed by atoms with van der Waals surface area (Å²) in [7, 11) is -3.14. The first-order chi connectivity index (χ1) is 24.2. The fourth-order valence-electron chi connectivity index (χ4n) is 7.62. The summed E-state index contributed by atoms with van der Waals surface area (Å²) in [6.45, 7) is 0. The van der Waals surface area contributed by atoms with Crippen molar-refractivity contribution < 1.29 is 4.57 Å². The van der Waals surface area contributed by atoms with Crippen molar-refractivity contribution in [2.75, 3.05) is 0 Å². The lowest BCUT2D eigenvalue weighted by molar-refractivity contribution is 0.593. The van der Waals surface area contributed by atoms with E-state index in [1.807, 2.05) is 66.7 Å². The second-order valence-corrected chi connectivity index (χ2v) is 15.2. The van der Waals surface area contributed by atoms with Crippen molar-refractivity contribution in [1.82, 2.24) is 14.5 Å². The van der Waals surface area contributed by atoms with E-state index in [4.69, 9.17) is 9.97 Å². The van der Waals surface area contributed by atoms with Crippen LogP contribution >= 0.6 is 7.14 Å². The van der Waals surface area contributed by atoms with E-state index in [0.29, 0.717) is 5.95 Å². The van der Waals surface area contributed by atoms with Crippen LogP contribution in [-0.4, -0.2) is 14.5 Å². The highest BCUT2D eigenvalue weighted by Crippen LogP contribution is 2.54. The molecule has 230 valence electrons. The van der Waals surface area contributed by atoms with Crippen molar-refractivity contribution in [2.45, 2.75) is 0 Å². The molecule has 0 aliphatic carbocycles. The van der Waals surface area contributed by atoms with Gasteiger partial charge in [0, 0.05) is 43.2 Å². The van der Waals surface area contributed by atoms with E-state index in [0.717, 1.165) is 76.6 Å². The minimum absolute atomic E-state index is 0.583. The average Bonchev–Trinajstić information content (AvgIpc) is 3.65. The predicted molar refractivity (Wildman–Crippen MR) is 203 cm³/mol. The first-order valence-electron chi connectivity index (χ1n) is 16.5. The molecule has 10 rings (SSSR count). The first kappa shape index (κ1) is 28.0. The van der Waals surface area contributed by atoms with Gasteiger partial charge in [-0.2, -0.15) is 0 Å². The third-order valence-corrected chi connectivity index (χ3v) is 13.0. The van der Waals surface area contributed by atoms with Gasteiger partial charge in [0.25, 0.3) is 0 Å². The lowest BCUT2D eigenvalue weighted by Gasteiger charge is -2.16. The molecule has 49 heavy (non-hydrogen) atoms. The molecule has 1 aliphatic heterocycles. The van der Waals surface area contributed by atoms with Crippen LogP contribution in [0.5, 0.6) is 0 Å². The Morgan fingerprint density at radius 3 is 1.92 bits per heavy atom. The summed E-state index contributed by atoms with van der Waals surface area (Å²) in [5.74, 6) is 0.583. The van der Waals surface area contributed by atoms with Gasteiger partial charge >= 0.3 is 0 Å². The summed E-state index contributed by atoms with van der Waals surface area (Å²) >= 11 is 0. The number of hydrogen-bond acceptors (Lipinski definition) is 3. The van der Waals surface area contributed by atoms with Crippen LogP contribution in [-0.2, 0) is 4.57 Å². The molecular weight excluding hydrogens is 617 g/mol. The van der Waals surface area contributed by atoms with Crippen LogP contribution in [0.25, 0.3) is 72.2 Å². The Bertz CT molecular complexity index is 2790. The molecule has 0 amide bonds. The number of rotatable bonds is 4. The quantitative estimate of drug-likeness (QED) is 0.179. The van der Waals surface area contributed by atoms with Gasteiger partial charge in [-0.15, -0.1) is 0 Å². The molecule has 0 bridgehead atoms. The number of nitrogens with zero attached hydrogens (tertiary/aromatic N) is 3. The molecule has 0 saturated heterocycles. The largest absolute Gasteiger partial charge is 0.309 e. The Labute approximate surface area is 283 Å². The molecule has 3 heterocycles. The van der Waals surface area contributed by atoms with Crippen molar-refractivity contribution in [3.05, 3.63) is 170 Å². The maximum Gasteiger partial charge on any atom is 0.235 e. The fourth-order valence-corrected chi connectivity index (χ4v) is 10.7. The van der Waals surface area contributed by atoms with Gasteiger partial charge in [-0.05, 0) is 34.9 Å². The molecular formula is C44H28N3OP. The van der Waals surface area contributed by atoms with E-state index < -0.39 is 7.14 Å². The summed E-state index contributed by atoms with van der Waals surface area (Å²) in [4.78, 5) is 10.6. The molecule has 5 heteroatoms. The van der Waals surface area contributed by atoms with E-state index in [1.165, 1.54) is 5.56 Å². The van der Waals surface area contributed by atoms with Crippen LogP contribution in [0.4, 0.5) is 0 Å². The third-order valence-electron chi connectivity index (χ3n) is 9.84. The minimum Gasteiger partial charge on any atom is -0.309 e. The van der Waals surface area contributed by atoms with Gasteiger partial charge in [-0.1, -0.05) is 152 Å². The lowest BCUT2D eigenvalue weighted by Crippen LogP contribution is -2.20. The summed E-state index contributed by atoms with van der Waals surface area (Å²) in [6.07, 6.45) is 0. The van der Waals surface area contributed by atoms with Gasteiger partial charge in [-0.3, -0.25) is 4.57 Å². The Morgan fingerprint density at radius 1 is 0.469 bits per heavy atom. The molecule has 4 nitrogen and oxygen atoms in total. The topological polar surface area (TPSA) is 47.8 Å². The lowest BCUT2D eigenvalue weighted by atomic mass is 10.0. The zero-order chi connectivity index (χ0) is 32.5. The number of fused-ring (bicyclic) bond motifs is 8. The SMILES string of the molecule is O=P1(c2ccccc2)c2ccccc2-c2c1ccc1c3ccccc3n(-c3nc(-c4ccc(-c5ccccc5)cc4)c4ccccc4n3)c21. The number of aromatic nitrogens is 3. The smallest absolute Gasteiger partial charge is 0.235 e. The highest BCUT2D eigenvalue weighted by Gasteiger charge is 2.42. The summed E-state index contributed by atoms with van der Waals surface area (Å²) < 4.78 is 17.7. The number of hydrogen-bond donors (Lipinski definition) is 0. The molecule has 7 aromatic carbocycles. The van der Waals surface area contributed by atoms with E-state index in [2.05, 4.69) is 108 Å². The van der Waals surface area contributed by atoms with Crippen LogP contribution < -0.4 is 15.9 Å². The number of para-hydroxylation sites is 2. The van der Waals surface area contributed by atoms with Gasteiger partial charge in [0.1, 0.15) is 0 Å². The maximum absolute atomic E-state index is 15.5. The van der Waals surface area contributed by atoms with Gasteiger partial charge in [-0.25, -0.2) is 9.97 Å². The zero-order valence-electron chi connectivity index (χ0n) is 26.4. The van der Waals surface area contributed by atoms with E-state index in [-0.39, 0.29) is 0 Å². The highest BCUT2D eigenvalue weighted by atomic mass is 31.2. The van der Waals surface area contributed by atoms with Crippen LogP contribution in [0.15, 0.2) is 170 Å². The first-order valence-corrected chi connectivity index (χ1v) is 18.2. The molecule has 9 aromatic rings. The fraction of sp³-hybridized carbons (Fsp3) is 0. The van der Waals surface area contributed by atoms with Crippen molar-refractivity contribution in [3.63, 3.8) is 0 Å². The summed E-state index contributed by atoms with van der Waals surface area (Å²) in [5, 5.41) is 5.74. The Kier molecular flexibility index (Phi) is 6.12. The second kappa shape index (κ2) is 10.7. The van der Waals surface area contributed by atoms with Crippen molar-refractivity contribution in [3.8, 4) is 39.5 Å². The number of benzene rings is 7. The summed E-state index contributed by atoms with van der Waals surface area (Å²) in [5.41, 5.74) is 9.05. The van der Waals surface area contributed by atoms with Crippen LogP contribution in [0.2, 0.25) is 0 Å². The molecule has 0 radical (unpaired) electrons. The molecule has 0 N–H and O–H groups in total. The molecule has 0 saturated carbocycles. The van der Waals surface area contributed by atoms with Gasteiger partial charge in [0.15, 0.2) is 7.14 Å². The van der Waals surface area contributed by atoms with Crippen LogP contribution in [0.1, 0.15) is 0 Å². The third kappa shape index (κ3) is 4.08. The minimum atomic E-state index is -3.14. The van der Waals surface area contributed by atoms with Crippen LogP contribution in [0.3, 0.4) is 0 Å². The molecule has 2 aromatic heterocycles. The second-order valence-electron chi connectivity index (χ2n) is 12.5. The predicted octanol–water partition coefficient (Wildman–Crippen LogP) is 9.68. The molecule has 0 spiro atoms. The van der Waals surface area contributed by atoms with Crippen LogP contribution in [0, 0.1) is 0 Å². The molecule has 0 fully saturated rings. The molecule has 1 aliphatic rings. The Hall–Kier alpha value is -6.09. The van der Waals surface area contributed by atoms with Crippen molar-refractivity contribution in [2.24, 2.45) is 0 Å². The normalized spacial score (nSPS) is 15.1. The Morgan fingerprint density at radius 2 is 1.10 bits per heavy atom. The van der Waals surface area contributed by atoms with E-state index in [9.17, 15) is 0 Å². The molecule has 1 unspecified atom stereocenters. The highest BCUT2D eigenvalue weighted by molar-refractivity contribution is 7.86. The standard InChI is InChI=1S/C44H28N3OP/c48-49(32-15-5-2-6-16-32)39-22-12-9-19-36(39)41-40(49)28-27-34-33-17-8-11-21-38(33)47(43(34)41)44-45-37-20-10-7-18-35(37)42(46-44)31-25-23-30(24-26-31)29-13-3-1-4-14-29/h1-28H. The van der Waals surface area contributed by atoms with Gasteiger partial charge < -0.3 is 4.57 Å². The summed E-state index contributed by atoms with van der Waals surface area (Å²) in [6, 6.07) is 58.0. The van der Waals surface area contributed by atoms with E-state index in [1.54, 1.807) is 0 Å². The Balaban J connectivity index is 1.28. The van der Waals surface area contributed by atoms with Crippen molar-refractivity contribution in [1.29, 1.82) is 0 Å². The monoisotopic (exact) mass is 645 g/mol. The molecule has 1 atom stereocenters. The average molecular weight is 646 g/mol. The van der Waals surface area contributed by atoms with Crippen molar-refractivity contribution >= 4 is 55.8 Å². The van der Waals surface area contributed by atoms with Gasteiger partial charge in [0.05, 0.1) is 22.2 Å². The van der Waals surface area contributed by atoms with E-state index >= 15 is 4.57 Å². The maximum atomic E-state index is 15.5.